The molecule has 5 rings (SSSR count). The predicted molar refractivity (Wildman–Crippen MR) is 124 cm³/mol. The summed E-state index contributed by atoms with van der Waals surface area (Å²) in [5.74, 6) is -0.0430. The number of fused-ring (bicyclic) bond motifs is 2. The second-order valence-electron chi connectivity index (χ2n) is 8.40. The van der Waals surface area contributed by atoms with E-state index in [9.17, 15) is 15.2 Å². The summed E-state index contributed by atoms with van der Waals surface area (Å²) >= 11 is 1.70. The standard InChI is InChI=1S/C26H22N2O2S/c27-13-17-8-9-22(21-7-2-1-6-20(17)21)23-15-28-14-19-11-24(31-26(19)23)18(12-25(29)30)10-16-4-3-5-16/h1-2,6-9,11,14-16,18H,3-5,10,12H2,(H,29,30)/t18-/m0/s1. The SMILES string of the molecule is N#Cc1ccc(-c2cncc3cc([C@H](CC(=O)O)CC4CCC4)sc23)c2ccccc12. The Bertz CT molecular complexity index is 1330. The molecule has 0 radical (unpaired) electrons. The zero-order chi connectivity index (χ0) is 21.4. The summed E-state index contributed by atoms with van der Waals surface area (Å²) in [4.78, 5) is 17.2. The Morgan fingerprint density at radius 3 is 2.68 bits per heavy atom. The number of hydrogen-bond donors (Lipinski definition) is 1. The van der Waals surface area contributed by atoms with Crippen LogP contribution in [0, 0.1) is 17.2 Å². The van der Waals surface area contributed by atoms with Gasteiger partial charge in [-0.1, -0.05) is 49.6 Å². The number of aliphatic carboxylic acids is 1. The van der Waals surface area contributed by atoms with Crippen LogP contribution in [0.15, 0.2) is 54.9 Å². The first-order chi connectivity index (χ1) is 15.1. The molecule has 5 heteroatoms. The van der Waals surface area contributed by atoms with E-state index in [-0.39, 0.29) is 12.3 Å². The number of carboxylic acids is 1. The van der Waals surface area contributed by atoms with Crippen LogP contribution in [0.3, 0.4) is 0 Å². The monoisotopic (exact) mass is 426 g/mol. The van der Waals surface area contributed by atoms with Gasteiger partial charge in [0.25, 0.3) is 0 Å². The molecule has 0 saturated heterocycles. The fourth-order valence-corrected chi connectivity index (χ4v) is 5.92. The average Bonchev–Trinajstić information content (AvgIpc) is 3.19. The number of carbonyl (C=O) groups is 1. The van der Waals surface area contributed by atoms with Gasteiger partial charge in [-0.05, 0) is 35.4 Å². The highest BCUT2D eigenvalue weighted by Crippen LogP contribution is 2.44. The van der Waals surface area contributed by atoms with Gasteiger partial charge in [0.1, 0.15) is 0 Å². The van der Waals surface area contributed by atoms with Gasteiger partial charge in [-0.15, -0.1) is 11.3 Å². The van der Waals surface area contributed by atoms with E-state index >= 15 is 0 Å². The minimum Gasteiger partial charge on any atom is -0.481 e. The van der Waals surface area contributed by atoms with Gasteiger partial charge < -0.3 is 5.11 Å². The first-order valence-corrected chi connectivity index (χ1v) is 11.5. The quantitative estimate of drug-likeness (QED) is 0.371. The number of carboxylic acid groups (broad SMARTS) is 1. The summed E-state index contributed by atoms with van der Waals surface area (Å²) in [5.41, 5.74) is 2.75. The lowest BCUT2D eigenvalue weighted by Gasteiger charge is -2.28. The summed E-state index contributed by atoms with van der Waals surface area (Å²) in [7, 11) is 0. The smallest absolute Gasteiger partial charge is 0.303 e. The molecule has 2 aromatic carbocycles. The Labute approximate surface area is 184 Å². The molecule has 1 saturated carbocycles. The van der Waals surface area contributed by atoms with Gasteiger partial charge in [0.2, 0.25) is 0 Å². The lowest BCUT2D eigenvalue weighted by Crippen LogP contribution is -2.16. The van der Waals surface area contributed by atoms with Crippen molar-refractivity contribution in [3.05, 3.63) is 65.3 Å². The van der Waals surface area contributed by atoms with Crippen molar-refractivity contribution < 1.29 is 9.90 Å². The van der Waals surface area contributed by atoms with Gasteiger partial charge >= 0.3 is 5.97 Å². The van der Waals surface area contributed by atoms with E-state index in [0.717, 1.165) is 43.3 Å². The number of thiophene rings is 1. The Morgan fingerprint density at radius 1 is 1.16 bits per heavy atom. The maximum Gasteiger partial charge on any atom is 0.303 e. The van der Waals surface area contributed by atoms with Crippen LogP contribution in [0.4, 0.5) is 0 Å². The summed E-state index contributed by atoms with van der Waals surface area (Å²) in [6, 6.07) is 16.2. The van der Waals surface area contributed by atoms with Crippen molar-refractivity contribution in [1.29, 1.82) is 5.26 Å². The van der Waals surface area contributed by atoms with E-state index in [1.54, 1.807) is 11.3 Å². The molecule has 2 heterocycles. The molecule has 0 unspecified atom stereocenters. The summed E-state index contributed by atoms with van der Waals surface area (Å²) in [5, 5.41) is 22.0. The van der Waals surface area contributed by atoms with E-state index in [2.05, 4.69) is 17.1 Å². The molecular formula is C26H22N2O2S. The topological polar surface area (TPSA) is 74.0 Å². The highest BCUT2D eigenvalue weighted by molar-refractivity contribution is 7.19. The van der Waals surface area contributed by atoms with Crippen LogP contribution < -0.4 is 0 Å². The summed E-state index contributed by atoms with van der Waals surface area (Å²) in [6.07, 6.45) is 8.56. The molecule has 0 bridgehead atoms. The molecule has 1 N–H and O–H groups in total. The first-order valence-electron chi connectivity index (χ1n) is 10.7. The Balaban J connectivity index is 1.63. The fraction of sp³-hybridized carbons (Fsp3) is 0.269. The van der Waals surface area contributed by atoms with Gasteiger partial charge in [0.15, 0.2) is 0 Å². The minimum absolute atomic E-state index is 0.0470. The van der Waals surface area contributed by atoms with Crippen LogP contribution in [0.1, 0.15) is 48.5 Å². The third-order valence-electron chi connectivity index (χ3n) is 6.44. The largest absolute Gasteiger partial charge is 0.481 e. The van der Waals surface area contributed by atoms with Crippen LogP contribution in [0.25, 0.3) is 32.0 Å². The Morgan fingerprint density at radius 2 is 1.97 bits per heavy atom. The van der Waals surface area contributed by atoms with Crippen LogP contribution in [-0.2, 0) is 4.79 Å². The van der Waals surface area contributed by atoms with Crippen molar-refractivity contribution in [2.24, 2.45) is 5.92 Å². The van der Waals surface area contributed by atoms with Gasteiger partial charge in [0, 0.05) is 44.2 Å². The van der Waals surface area contributed by atoms with Crippen LogP contribution in [-0.4, -0.2) is 16.1 Å². The molecule has 1 aliphatic carbocycles. The van der Waals surface area contributed by atoms with Gasteiger partial charge in [-0.25, -0.2) is 0 Å². The molecule has 0 aliphatic heterocycles. The number of pyridine rings is 1. The van der Waals surface area contributed by atoms with Crippen molar-refractivity contribution in [2.45, 2.75) is 38.0 Å². The molecule has 0 spiro atoms. The molecule has 1 atom stereocenters. The number of nitrogens with zero attached hydrogens (tertiary/aromatic N) is 2. The molecular weight excluding hydrogens is 404 g/mol. The molecule has 0 amide bonds. The Kier molecular flexibility index (Phi) is 5.17. The van der Waals surface area contributed by atoms with Crippen molar-refractivity contribution in [3.8, 4) is 17.2 Å². The van der Waals surface area contributed by atoms with Gasteiger partial charge in [-0.2, -0.15) is 5.26 Å². The van der Waals surface area contributed by atoms with E-state index in [1.165, 1.54) is 19.3 Å². The van der Waals surface area contributed by atoms with Crippen molar-refractivity contribution in [3.63, 3.8) is 0 Å². The predicted octanol–water partition coefficient (Wildman–Crippen LogP) is 6.74. The number of benzene rings is 2. The van der Waals surface area contributed by atoms with Gasteiger partial charge in [-0.3, -0.25) is 9.78 Å². The van der Waals surface area contributed by atoms with Crippen LogP contribution >= 0.6 is 11.3 Å². The van der Waals surface area contributed by atoms with E-state index in [0.29, 0.717) is 11.5 Å². The van der Waals surface area contributed by atoms with E-state index in [4.69, 9.17) is 0 Å². The van der Waals surface area contributed by atoms with Crippen LogP contribution in [0.5, 0.6) is 0 Å². The fourth-order valence-electron chi connectivity index (χ4n) is 4.65. The van der Waals surface area contributed by atoms with Crippen LogP contribution in [0.2, 0.25) is 0 Å². The van der Waals surface area contributed by atoms with E-state index in [1.807, 2.05) is 48.8 Å². The lowest BCUT2D eigenvalue weighted by atomic mass is 9.78. The number of aromatic nitrogens is 1. The van der Waals surface area contributed by atoms with E-state index < -0.39 is 5.97 Å². The highest BCUT2D eigenvalue weighted by atomic mass is 32.1. The molecule has 1 aliphatic rings. The maximum atomic E-state index is 11.5. The third kappa shape index (κ3) is 3.68. The minimum atomic E-state index is -0.738. The van der Waals surface area contributed by atoms with Gasteiger partial charge in [0.05, 0.1) is 18.1 Å². The lowest BCUT2D eigenvalue weighted by molar-refractivity contribution is -0.137. The second kappa shape index (κ2) is 8.13. The normalized spacial score (nSPS) is 14.9. The molecule has 4 nitrogen and oxygen atoms in total. The molecule has 154 valence electrons. The van der Waals surface area contributed by atoms with Crippen molar-refractivity contribution in [2.75, 3.05) is 0 Å². The molecule has 31 heavy (non-hydrogen) atoms. The second-order valence-corrected chi connectivity index (χ2v) is 9.48. The molecule has 4 aromatic rings. The average molecular weight is 427 g/mol. The first kappa shape index (κ1) is 19.7. The van der Waals surface area contributed by atoms with Crippen molar-refractivity contribution in [1.82, 2.24) is 4.98 Å². The summed E-state index contributed by atoms with van der Waals surface area (Å²) < 4.78 is 1.13. The zero-order valence-corrected chi connectivity index (χ0v) is 17.9. The maximum absolute atomic E-state index is 11.5. The number of hydrogen-bond acceptors (Lipinski definition) is 4. The highest BCUT2D eigenvalue weighted by Gasteiger charge is 2.26. The van der Waals surface area contributed by atoms with Crippen molar-refractivity contribution >= 4 is 38.2 Å². The zero-order valence-electron chi connectivity index (χ0n) is 17.0. The molecule has 2 aromatic heterocycles. The molecule has 1 fully saturated rings. The number of nitriles is 1. The summed E-state index contributed by atoms with van der Waals surface area (Å²) in [6.45, 7) is 0. The third-order valence-corrected chi connectivity index (χ3v) is 7.79. The Hall–Kier alpha value is -3.23. The number of rotatable bonds is 6.